The van der Waals surface area contributed by atoms with Crippen molar-refractivity contribution in [2.45, 2.75) is 46.2 Å². The second kappa shape index (κ2) is 5.01. The fourth-order valence-electron chi connectivity index (χ4n) is 1.47. The van der Waals surface area contributed by atoms with E-state index in [-0.39, 0.29) is 24.0 Å². The summed E-state index contributed by atoms with van der Waals surface area (Å²) in [6, 6.07) is 0. The van der Waals surface area contributed by atoms with Crippen molar-refractivity contribution in [2.75, 3.05) is 6.66 Å². The second-order valence-electron chi connectivity index (χ2n) is 5.01. The average Bonchev–Trinajstić information content (AvgIpc) is 1.60. The van der Waals surface area contributed by atoms with Gasteiger partial charge in [0.1, 0.15) is 0 Å². The van der Waals surface area contributed by atoms with Crippen molar-refractivity contribution in [1.82, 2.24) is 0 Å². The van der Waals surface area contributed by atoms with E-state index in [9.17, 15) is 0 Å². The molecule has 0 heterocycles. The topological polar surface area (TPSA) is 0 Å². The van der Waals surface area contributed by atoms with Crippen LogP contribution in [0.25, 0.3) is 0 Å². The predicted octanol–water partition coefficient (Wildman–Crippen LogP) is 0.246. The summed E-state index contributed by atoms with van der Waals surface area (Å²) in [7, 11) is 0.610. The van der Waals surface area contributed by atoms with Crippen molar-refractivity contribution in [3.63, 3.8) is 0 Å². The number of rotatable bonds is 2. The van der Waals surface area contributed by atoms with Gasteiger partial charge in [0, 0.05) is 6.66 Å². The van der Waals surface area contributed by atoms with Crippen molar-refractivity contribution in [2.24, 2.45) is 5.41 Å². The van der Waals surface area contributed by atoms with Crippen LogP contribution in [0.5, 0.6) is 0 Å². The van der Waals surface area contributed by atoms with E-state index < -0.39 is 0 Å². The molecule has 0 amide bonds. The smallest absolute Gasteiger partial charge is 0.0700 e. The van der Waals surface area contributed by atoms with Gasteiger partial charge in [0.25, 0.3) is 0 Å². The summed E-state index contributed by atoms with van der Waals surface area (Å²) in [5.41, 5.74) is 0.506. The van der Waals surface area contributed by atoms with E-state index in [0.717, 1.165) is 0 Å². The first-order chi connectivity index (χ1) is 4.27. The Morgan fingerprint density at radius 1 is 1.00 bits per heavy atom. The Morgan fingerprint density at radius 3 is 1.45 bits per heavy atom. The minimum atomic E-state index is 0. The van der Waals surface area contributed by atoms with Gasteiger partial charge < -0.3 is 24.0 Å². The minimum absolute atomic E-state index is 0. The van der Waals surface area contributed by atoms with Gasteiger partial charge in [-0.05, 0) is 34.3 Å². The lowest BCUT2D eigenvalue weighted by molar-refractivity contribution is -0.00000352. The lowest BCUT2D eigenvalue weighted by atomic mass is 9.86. The van der Waals surface area contributed by atoms with Crippen LogP contribution in [0, 0.1) is 5.41 Å². The molecule has 0 spiro atoms. The molecular weight excluding hydrogens is 266 g/mol. The molecule has 0 bridgehead atoms. The molecule has 0 rings (SSSR count). The predicted molar refractivity (Wildman–Crippen MR) is 53.8 cm³/mol. The molecule has 0 aromatic carbocycles. The van der Waals surface area contributed by atoms with Crippen LogP contribution in [0.2, 0.25) is 0 Å². The molecular formula is C9H22IP. The van der Waals surface area contributed by atoms with Gasteiger partial charge in [0.2, 0.25) is 0 Å². The van der Waals surface area contributed by atoms with E-state index in [0.29, 0.717) is 19.2 Å². The van der Waals surface area contributed by atoms with Crippen LogP contribution in [-0.2, 0) is 0 Å². The molecule has 0 aliphatic carbocycles. The van der Waals surface area contributed by atoms with Crippen LogP contribution in [0.15, 0.2) is 0 Å². The van der Waals surface area contributed by atoms with Crippen LogP contribution in [0.1, 0.15) is 41.0 Å². The van der Waals surface area contributed by atoms with E-state index in [4.69, 9.17) is 0 Å². The fraction of sp³-hybridized carbons (Fsp3) is 1.00. The Labute approximate surface area is 90.7 Å². The molecule has 11 heavy (non-hydrogen) atoms. The molecule has 0 aromatic rings. The van der Waals surface area contributed by atoms with E-state index in [1.807, 2.05) is 0 Å². The maximum absolute atomic E-state index is 2.38. The monoisotopic (exact) mass is 288 g/mol. The highest BCUT2D eigenvalue weighted by atomic mass is 127. The molecule has 70 valence electrons. The summed E-state index contributed by atoms with van der Waals surface area (Å²) in [5.74, 6) is 0. The Kier molecular flexibility index (Phi) is 6.69. The van der Waals surface area contributed by atoms with Crippen LogP contribution in [0.3, 0.4) is 0 Å². The highest BCUT2D eigenvalue weighted by Crippen LogP contribution is 2.38. The summed E-state index contributed by atoms with van der Waals surface area (Å²) < 4.78 is 0. The lowest BCUT2D eigenvalue weighted by Gasteiger charge is -2.27. The normalized spacial score (nSPS) is 13.6. The van der Waals surface area contributed by atoms with Gasteiger partial charge in [-0.25, -0.2) is 0 Å². The highest BCUT2D eigenvalue weighted by molar-refractivity contribution is 7.38. The molecule has 2 heteroatoms. The first kappa shape index (κ1) is 14.7. The van der Waals surface area contributed by atoms with Crippen LogP contribution in [-0.4, -0.2) is 11.8 Å². The highest BCUT2D eigenvalue weighted by Gasteiger charge is 2.27. The third-order valence-electron chi connectivity index (χ3n) is 1.77. The summed E-state index contributed by atoms with van der Waals surface area (Å²) in [4.78, 5) is 0. The summed E-state index contributed by atoms with van der Waals surface area (Å²) in [5, 5.41) is 0.609. The van der Waals surface area contributed by atoms with Crippen LogP contribution >= 0.6 is 8.58 Å². The third-order valence-corrected chi connectivity index (χ3v) is 3.53. The molecule has 1 unspecified atom stereocenters. The molecule has 0 N–H and O–H groups in total. The molecule has 0 saturated heterocycles. The standard InChI is InChI=1S/C9H21P.HI/c1-8(2,3)7-9(4,5)10-6;/h10H,7H2,1-6H3;1H. The zero-order chi connectivity index (χ0) is 8.41. The Morgan fingerprint density at radius 2 is 1.36 bits per heavy atom. The number of hydrogen-bond donors (Lipinski definition) is 0. The van der Waals surface area contributed by atoms with Crippen molar-refractivity contribution >= 4 is 8.58 Å². The summed E-state index contributed by atoms with van der Waals surface area (Å²) >= 11 is 0. The average molecular weight is 288 g/mol. The SMILES string of the molecule is C[PH2+]C(C)(C)CC(C)(C)C.[I-]. The van der Waals surface area contributed by atoms with Crippen LogP contribution in [0.4, 0.5) is 0 Å². The molecule has 0 aromatic heterocycles. The Balaban J connectivity index is 0. The summed E-state index contributed by atoms with van der Waals surface area (Å²) in [6.07, 6.45) is 1.35. The zero-order valence-corrected chi connectivity index (χ0v) is 12.0. The fourth-order valence-corrected chi connectivity index (χ4v) is 2.29. The number of halogens is 1. The third kappa shape index (κ3) is 9.07. The van der Waals surface area contributed by atoms with E-state index in [1.165, 1.54) is 6.42 Å². The molecule has 0 aliphatic heterocycles. The van der Waals surface area contributed by atoms with Gasteiger partial charge in [-0.3, -0.25) is 0 Å². The van der Waals surface area contributed by atoms with E-state index in [1.54, 1.807) is 0 Å². The van der Waals surface area contributed by atoms with Gasteiger partial charge in [-0.15, -0.1) is 0 Å². The van der Waals surface area contributed by atoms with Crippen molar-refractivity contribution in [3.8, 4) is 0 Å². The minimum Gasteiger partial charge on any atom is -1.00 e. The molecule has 0 nitrogen and oxygen atoms in total. The maximum atomic E-state index is 2.38. The summed E-state index contributed by atoms with van der Waals surface area (Å²) in [6.45, 7) is 14.1. The molecule has 0 fully saturated rings. The molecule has 1 atom stereocenters. The zero-order valence-electron chi connectivity index (χ0n) is 8.66. The maximum Gasteiger partial charge on any atom is 0.0700 e. The second-order valence-corrected chi connectivity index (χ2v) is 7.15. The largest absolute Gasteiger partial charge is 1.00 e. The Bertz CT molecular complexity index is 103. The van der Waals surface area contributed by atoms with Crippen molar-refractivity contribution in [3.05, 3.63) is 0 Å². The van der Waals surface area contributed by atoms with E-state index in [2.05, 4.69) is 41.3 Å². The quantitative estimate of drug-likeness (QED) is 0.505. The molecule has 0 saturated carbocycles. The first-order valence-corrected chi connectivity index (χ1v) is 5.81. The van der Waals surface area contributed by atoms with Crippen molar-refractivity contribution in [1.29, 1.82) is 0 Å². The Hall–Kier alpha value is 1.16. The lowest BCUT2D eigenvalue weighted by Crippen LogP contribution is -3.00. The number of hydrogen-bond acceptors (Lipinski definition) is 0. The first-order valence-electron chi connectivity index (χ1n) is 4.07. The van der Waals surface area contributed by atoms with Gasteiger partial charge in [0.05, 0.1) is 5.16 Å². The molecule has 0 aliphatic rings. The van der Waals surface area contributed by atoms with Crippen LogP contribution < -0.4 is 24.0 Å². The van der Waals surface area contributed by atoms with Gasteiger partial charge >= 0.3 is 0 Å². The van der Waals surface area contributed by atoms with Gasteiger partial charge in [-0.1, -0.05) is 20.8 Å². The van der Waals surface area contributed by atoms with E-state index >= 15 is 0 Å². The molecule has 0 radical (unpaired) electrons. The van der Waals surface area contributed by atoms with Gasteiger partial charge in [0.15, 0.2) is 0 Å². The van der Waals surface area contributed by atoms with Crippen molar-refractivity contribution < 1.29 is 24.0 Å². The van der Waals surface area contributed by atoms with Gasteiger partial charge in [-0.2, -0.15) is 0 Å².